The summed E-state index contributed by atoms with van der Waals surface area (Å²) in [5.41, 5.74) is 2.44. The van der Waals surface area contributed by atoms with Crippen LogP contribution in [0, 0.1) is 6.92 Å². The minimum atomic E-state index is -0.368. The smallest absolute Gasteiger partial charge is 0.0922 e. The van der Waals surface area contributed by atoms with Gasteiger partial charge >= 0.3 is 0 Å². The Morgan fingerprint density at radius 2 is 1.93 bits per heavy atom. The van der Waals surface area contributed by atoms with Gasteiger partial charge < -0.3 is 5.11 Å². The predicted octanol–water partition coefficient (Wildman–Crippen LogP) is 3.33. The van der Waals surface area contributed by atoms with Crippen molar-refractivity contribution >= 4 is 11.3 Å². The Bertz CT molecular complexity index is 403. The van der Waals surface area contributed by atoms with E-state index in [4.69, 9.17) is 0 Å². The molecule has 1 heterocycles. The van der Waals surface area contributed by atoms with Gasteiger partial charge in [0.1, 0.15) is 0 Å². The van der Waals surface area contributed by atoms with Crippen molar-refractivity contribution in [3.63, 3.8) is 0 Å². The molecule has 2 aromatic rings. The molecule has 15 heavy (non-hydrogen) atoms. The second-order valence-corrected chi connectivity index (χ2v) is 4.70. The highest BCUT2D eigenvalue weighted by Crippen LogP contribution is 2.22. The molecule has 0 aliphatic carbocycles. The van der Waals surface area contributed by atoms with Gasteiger partial charge in [-0.25, -0.2) is 0 Å². The number of aliphatic hydroxyl groups excluding tert-OH is 1. The molecular weight excluding hydrogens is 204 g/mol. The molecule has 0 spiro atoms. The van der Waals surface area contributed by atoms with Crippen LogP contribution in [0.25, 0.3) is 0 Å². The molecule has 1 aromatic carbocycles. The molecule has 1 N–H and O–H groups in total. The van der Waals surface area contributed by atoms with Crippen molar-refractivity contribution in [2.75, 3.05) is 0 Å². The first kappa shape index (κ1) is 10.4. The number of rotatable bonds is 3. The Morgan fingerprint density at radius 3 is 2.53 bits per heavy atom. The number of aliphatic hydroxyl groups is 1. The van der Waals surface area contributed by atoms with Crippen molar-refractivity contribution in [2.45, 2.75) is 19.4 Å². The fourth-order valence-corrected chi connectivity index (χ4v) is 2.24. The normalized spacial score (nSPS) is 12.7. The van der Waals surface area contributed by atoms with Gasteiger partial charge in [0.05, 0.1) is 6.10 Å². The average molecular weight is 218 g/mol. The van der Waals surface area contributed by atoms with E-state index in [0.29, 0.717) is 6.42 Å². The molecule has 0 radical (unpaired) electrons. The SMILES string of the molecule is Cc1ccc(CC(O)c2cccs2)cc1. The molecule has 78 valence electrons. The Morgan fingerprint density at radius 1 is 1.20 bits per heavy atom. The van der Waals surface area contributed by atoms with Gasteiger partial charge in [-0.05, 0) is 23.9 Å². The molecule has 1 atom stereocenters. The summed E-state index contributed by atoms with van der Waals surface area (Å²) in [6, 6.07) is 12.3. The van der Waals surface area contributed by atoms with Crippen molar-refractivity contribution < 1.29 is 5.11 Å². The van der Waals surface area contributed by atoms with E-state index < -0.39 is 0 Å². The van der Waals surface area contributed by atoms with Crippen molar-refractivity contribution in [2.24, 2.45) is 0 Å². The predicted molar refractivity (Wildman–Crippen MR) is 64.2 cm³/mol. The molecule has 0 saturated heterocycles. The number of thiophene rings is 1. The topological polar surface area (TPSA) is 20.2 Å². The number of aryl methyl sites for hydroxylation is 1. The molecule has 0 fully saturated rings. The van der Waals surface area contributed by atoms with E-state index >= 15 is 0 Å². The van der Waals surface area contributed by atoms with Crippen LogP contribution in [-0.4, -0.2) is 5.11 Å². The summed E-state index contributed by atoms with van der Waals surface area (Å²) in [7, 11) is 0. The van der Waals surface area contributed by atoms with E-state index in [9.17, 15) is 5.11 Å². The van der Waals surface area contributed by atoms with Crippen LogP contribution in [0.3, 0.4) is 0 Å². The van der Waals surface area contributed by atoms with Crippen molar-refractivity contribution in [3.8, 4) is 0 Å². The van der Waals surface area contributed by atoms with Gasteiger partial charge in [-0.15, -0.1) is 11.3 Å². The fraction of sp³-hybridized carbons (Fsp3) is 0.231. The summed E-state index contributed by atoms with van der Waals surface area (Å²) in [6.07, 6.45) is 0.327. The maximum Gasteiger partial charge on any atom is 0.0922 e. The van der Waals surface area contributed by atoms with Crippen molar-refractivity contribution in [1.29, 1.82) is 0 Å². The molecule has 1 unspecified atom stereocenters. The largest absolute Gasteiger partial charge is 0.387 e. The van der Waals surface area contributed by atoms with Gasteiger partial charge in [0.2, 0.25) is 0 Å². The minimum Gasteiger partial charge on any atom is -0.387 e. The Balaban J connectivity index is 2.06. The van der Waals surface area contributed by atoms with Gasteiger partial charge in [0.25, 0.3) is 0 Å². The zero-order valence-corrected chi connectivity index (χ0v) is 9.50. The standard InChI is InChI=1S/C13H14OS/c1-10-4-6-11(7-5-10)9-12(14)13-3-2-8-15-13/h2-8,12,14H,9H2,1H3. The summed E-state index contributed by atoms with van der Waals surface area (Å²) >= 11 is 1.60. The van der Waals surface area contributed by atoms with Crippen molar-refractivity contribution in [3.05, 3.63) is 57.8 Å². The molecule has 1 aromatic heterocycles. The lowest BCUT2D eigenvalue weighted by Gasteiger charge is -2.08. The van der Waals surface area contributed by atoms with E-state index in [1.165, 1.54) is 11.1 Å². The molecular formula is C13H14OS. The molecule has 0 amide bonds. The van der Waals surface area contributed by atoms with Gasteiger partial charge in [0, 0.05) is 11.3 Å². The Hall–Kier alpha value is -1.12. The molecule has 0 aliphatic heterocycles. The van der Waals surface area contributed by atoms with E-state index in [-0.39, 0.29) is 6.10 Å². The summed E-state index contributed by atoms with van der Waals surface area (Å²) in [4.78, 5) is 1.04. The Kier molecular flexibility index (Phi) is 3.19. The first-order chi connectivity index (χ1) is 7.25. The van der Waals surface area contributed by atoms with Crippen LogP contribution in [0.4, 0.5) is 0 Å². The van der Waals surface area contributed by atoms with Crippen molar-refractivity contribution in [1.82, 2.24) is 0 Å². The van der Waals surface area contributed by atoms with Gasteiger partial charge in [0.15, 0.2) is 0 Å². The third-order valence-electron chi connectivity index (χ3n) is 2.42. The molecule has 1 nitrogen and oxygen atoms in total. The maximum atomic E-state index is 9.94. The highest BCUT2D eigenvalue weighted by Gasteiger charge is 2.08. The Labute approximate surface area is 94.0 Å². The lowest BCUT2D eigenvalue weighted by Crippen LogP contribution is -1.99. The maximum absolute atomic E-state index is 9.94. The van der Waals surface area contributed by atoms with E-state index in [2.05, 4.69) is 31.2 Å². The zero-order chi connectivity index (χ0) is 10.7. The van der Waals surface area contributed by atoms with E-state index in [1.54, 1.807) is 11.3 Å². The first-order valence-electron chi connectivity index (χ1n) is 5.03. The first-order valence-corrected chi connectivity index (χ1v) is 5.90. The lowest BCUT2D eigenvalue weighted by molar-refractivity contribution is 0.182. The summed E-state index contributed by atoms with van der Waals surface area (Å²) < 4.78 is 0. The molecule has 2 heteroatoms. The van der Waals surface area contributed by atoms with Crippen LogP contribution < -0.4 is 0 Å². The second kappa shape index (κ2) is 4.60. The van der Waals surface area contributed by atoms with E-state index in [1.807, 2.05) is 17.5 Å². The van der Waals surface area contributed by atoms with Crippen LogP contribution in [0.1, 0.15) is 22.1 Å². The molecule has 2 rings (SSSR count). The number of hydrogen-bond acceptors (Lipinski definition) is 2. The number of hydrogen-bond donors (Lipinski definition) is 1. The van der Waals surface area contributed by atoms with Crippen LogP contribution >= 0.6 is 11.3 Å². The zero-order valence-electron chi connectivity index (χ0n) is 8.68. The highest BCUT2D eigenvalue weighted by molar-refractivity contribution is 7.10. The fourth-order valence-electron chi connectivity index (χ4n) is 1.53. The summed E-state index contributed by atoms with van der Waals surface area (Å²) in [6.45, 7) is 2.07. The van der Waals surface area contributed by atoms with Crippen LogP contribution in [0.5, 0.6) is 0 Å². The molecule has 0 bridgehead atoms. The highest BCUT2D eigenvalue weighted by atomic mass is 32.1. The minimum absolute atomic E-state index is 0.368. The van der Waals surface area contributed by atoms with Crippen LogP contribution in [0.15, 0.2) is 41.8 Å². The second-order valence-electron chi connectivity index (χ2n) is 3.72. The quantitative estimate of drug-likeness (QED) is 0.837. The number of benzene rings is 1. The molecule has 0 saturated carbocycles. The van der Waals surface area contributed by atoms with Crippen LogP contribution in [0.2, 0.25) is 0 Å². The van der Waals surface area contributed by atoms with Crippen LogP contribution in [-0.2, 0) is 6.42 Å². The van der Waals surface area contributed by atoms with E-state index in [0.717, 1.165) is 4.88 Å². The average Bonchev–Trinajstić information content (AvgIpc) is 2.74. The third kappa shape index (κ3) is 2.67. The summed E-state index contributed by atoms with van der Waals surface area (Å²) in [5, 5.41) is 11.9. The van der Waals surface area contributed by atoms with Gasteiger partial charge in [-0.1, -0.05) is 35.9 Å². The molecule has 0 aliphatic rings. The van der Waals surface area contributed by atoms with Gasteiger partial charge in [-0.2, -0.15) is 0 Å². The summed E-state index contributed by atoms with van der Waals surface area (Å²) in [5.74, 6) is 0. The van der Waals surface area contributed by atoms with Gasteiger partial charge in [-0.3, -0.25) is 0 Å². The third-order valence-corrected chi connectivity index (χ3v) is 3.39. The lowest BCUT2D eigenvalue weighted by atomic mass is 10.1. The monoisotopic (exact) mass is 218 g/mol.